The van der Waals surface area contributed by atoms with E-state index in [2.05, 4.69) is 19.2 Å². The van der Waals surface area contributed by atoms with Gasteiger partial charge in [-0.3, -0.25) is 0 Å². The fourth-order valence-corrected chi connectivity index (χ4v) is 0.876. The minimum Gasteiger partial charge on any atom is -0.366 e. The lowest BCUT2D eigenvalue weighted by Crippen LogP contribution is -2.94. The molecule has 1 aliphatic heterocycles. The van der Waals surface area contributed by atoms with Gasteiger partial charge < -0.3 is 10.1 Å². The molecule has 1 saturated heterocycles. The van der Waals surface area contributed by atoms with Crippen LogP contribution in [0.5, 0.6) is 0 Å². The second kappa shape index (κ2) is 2.46. The average molecular weight is 116 g/mol. The minimum absolute atomic E-state index is 0.464. The third kappa shape index (κ3) is 1.46. The first kappa shape index (κ1) is 6.05. The summed E-state index contributed by atoms with van der Waals surface area (Å²) in [6, 6.07) is 0.672. The molecule has 0 saturated carbocycles. The highest BCUT2D eigenvalue weighted by Crippen LogP contribution is 1.91. The molecule has 1 rings (SSSR count). The molecule has 1 heterocycles. The lowest BCUT2D eigenvalue weighted by Gasteiger charge is -2.21. The van der Waals surface area contributed by atoms with Gasteiger partial charge in [-0.1, -0.05) is 0 Å². The highest BCUT2D eigenvalue weighted by Gasteiger charge is 2.16. The fraction of sp³-hybridized carbons (Fsp3) is 1.00. The van der Waals surface area contributed by atoms with Crippen molar-refractivity contribution in [2.75, 3.05) is 13.2 Å². The first-order valence-electron chi connectivity index (χ1n) is 3.24. The van der Waals surface area contributed by atoms with E-state index in [0.29, 0.717) is 12.1 Å². The maximum absolute atomic E-state index is 5.36. The monoisotopic (exact) mass is 116 g/mol. The molecule has 1 fully saturated rings. The summed E-state index contributed by atoms with van der Waals surface area (Å²) in [5, 5.41) is 2.33. The Balaban J connectivity index is 2.19. The first-order valence-corrected chi connectivity index (χ1v) is 3.24. The van der Waals surface area contributed by atoms with E-state index >= 15 is 0 Å². The first-order chi connectivity index (χ1) is 3.79. The maximum atomic E-state index is 5.36. The Labute approximate surface area is 50.2 Å². The van der Waals surface area contributed by atoms with Crippen LogP contribution in [0.15, 0.2) is 0 Å². The van der Waals surface area contributed by atoms with Crippen molar-refractivity contribution in [2.24, 2.45) is 0 Å². The summed E-state index contributed by atoms with van der Waals surface area (Å²) >= 11 is 0. The van der Waals surface area contributed by atoms with Gasteiger partial charge in [-0.15, -0.1) is 0 Å². The van der Waals surface area contributed by atoms with Crippen LogP contribution >= 0.6 is 0 Å². The van der Waals surface area contributed by atoms with Crippen LogP contribution in [0, 0.1) is 0 Å². The summed E-state index contributed by atoms with van der Waals surface area (Å²) in [6.07, 6.45) is 0.464. The van der Waals surface area contributed by atoms with Gasteiger partial charge >= 0.3 is 0 Å². The SMILES string of the molecule is C[C@H]1CO[C@@H](C)C[NH2+]1. The van der Waals surface area contributed by atoms with E-state index < -0.39 is 0 Å². The summed E-state index contributed by atoms with van der Waals surface area (Å²) in [5.41, 5.74) is 0. The van der Waals surface area contributed by atoms with Gasteiger partial charge in [-0.25, -0.2) is 0 Å². The number of nitrogens with two attached hydrogens (primary N) is 1. The van der Waals surface area contributed by atoms with Crippen molar-refractivity contribution in [1.82, 2.24) is 0 Å². The van der Waals surface area contributed by atoms with Crippen molar-refractivity contribution in [3.05, 3.63) is 0 Å². The molecule has 48 valence electrons. The molecule has 0 spiro atoms. The van der Waals surface area contributed by atoms with Crippen LogP contribution in [-0.4, -0.2) is 25.3 Å². The molecular formula is C6H14NO+. The zero-order chi connectivity index (χ0) is 5.98. The van der Waals surface area contributed by atoms with Crippen molar-refractivity contribution in [1.29, 1.82) is 0 Å². The molecule has 0 aromatic carbocycles. The Morgan fingerprint density at radius 1 is 1.50 bits per heavy atom. The van der Waals surface area contributed by atoms with Crippen molar-refractivity contribution in [3.63, 3.8) is 0 Å². The van der Waals surface area contributed by atoms with E-state index in [4.69, 9.17) is 4.74 Å². The van der Waals surface area contributed by atoms with E-state index in [-0.39, 0.29) is 0 Å². The van der Waals surface area contributed by atoms with Crippen molar-refractivity contribution in [3.8, 4) is 0 Å². The summed E-state index contributed by atoms with van der Waals surface area (Å²) in [6.45, 7) is 6.34. The summed E-state index contributed by atoms with van der Waals surface area (Å²) in [7, 11) is 0. The molecule has 2 atom stereocenters. The molecule has 2 nitrogen and oxygen atoms in total. The zero-order valence-electron chi connectivity index (χ0n) is 5.55. The quantitative estimate of drug-likeness (QED) is 0.447. The number of quaternary nitrogens is 1. The summed E-state index contributed by atoms with van der Waals surface area (Å²) in [5.74, 6) is 0. The number of ether oxygens (including phenoxy) is 1. The topological polar surface area (TPSA) is 25.8 Å². The van der Waals surface area contributed by atoms with Gasteiger partial charge in [0.2, 0.25) is 0 Å². The van der Waals surface area contributed by atoms with Gasteiger partial charge in [0.15, 0.2) is 0 Å². The van der Waals surface area contributed by atoms with Crippen molar-refractivity contribution >= 4 is 0 Å². The highest BCUT2D eigenvalue weighted by atomic mass is 16.5. The summed E-state index contributed by atoms with van der Waals surface area (Å²) < 4.78 is 5.36. The molecule has 0 aromatic heterocycles. The molecular weight excluding hydrogens is 102 g/mol. The Bertz CT molecular complexity index is 56.9. The average Bonchev–Trinajstić information content (AvgIpc) is 1.77. The van der Waals surface area contributed by atoms with Gasteiger partial charge in [-0.05, 0) is 13.8 Å². The largest absolute Gasteiger partial charge is 0.366 e. The second-order valence-electron chi connectivity index (χ2n) is 2.59. The summed E-state index contributed by atoms with van der Waals surface area (Å²) in [4.78, 5) is 0. The Morgan fingerprint density at radius 3 is 2.62 bits per heavy atom. The van der Waals surface area contributed by atoms with Crippen LogP contribution in [-0.2, 0) is 4.74 Å². The number of morpholine rings is 1. The van der Waals surface area contributed by atoms with Crippen LogP contribution in [0.3, 0.4) is 0 Å². The molecule has 8 heavy (non-hydrogen) atoms. The third-order valence-corrected chi connectivity index (χ3v) is 1.51. The maximum Gasteiger partial charge on any atom is 0.107 e. The normalized spacial score (nSPS) is 39.8. The molecule has 0 amide bonds. The van der Waals surface area contributed by atoms with Gasteiger partial charge in [0.1, 0.15) is 18.7 Å². The van der Waals surface area contributed by atoms with E-state index in [1.807, 2.05) is 0 Å². The van der Waals surface area contributed by atoms with Crippen molar-refractivity contribution in [2.45, 2.75) is 26.0 Å². The highest BCUT2D eigenvalue weighted by molar-refractivity contribution is 4.53. The van der Waals surface area contributed by atoms with Crippen LogP contribution < -0.4 is 5.32 Å². The molecule has 0 unspecified atom stereocenters. The lowest BCUT2D eigenvalue weighted by molar-refractivity contribution is -0.707. The minimum atomic E-state index is 0.464. The Kier molecular flexibility index (Phi) is 1.86. The number of hydrogen-bond donors (Lipinski definition) is 1. The zero-order valence-corrected chi connectivity index (χ0v) is 5.55. The Morgan fingerprint density at radius 2 is 2.25 bits per heavy atom. The van der Waals surface area contributed by atoms with Crippen LogP contribution in [0.4, 0.5) is 0 Å². The fourth-order valence-electron chi connectivity index (χ4n) is 0.876. The molecule has 0 radical (unpaired) electrons. The second-order valence-corrected chi connectivity index (χ2v) is 2.59. The third-order valence-electron chi connectivity index (χ3n) is 1.51. The van der Waals surface area contributed by atoms with Gasteiger partial charge in [-0.2, -0.15) is 0 Å². The molecule has 0 aromatic rings. The predicted molar refractivity (Wildman–Crippen MR) is 31.7 cm³/mol. The van der Waals surface area contributed by atoms with Gasteiger partial charge in [0.05, 0.1) is 6.61 Å². The molecule has 0 bridgehead atoms. The molecule has 2 heteroatoms. The lowest BCUT2D eigenvalue weighted by atomic mass is 10.3. The van der Waals surface area contributed by atoms with E-state index in [1.165, 1.54) is 0 Å². The van der Waals surface area contributed by atoms with Crippen LogP contribution in [0.25, 0.3) is 0 Å². The van der Waals surface area contributed by atoms with E-state index in [0.717, 1.165) is 13.2 Å². The standard InChI is InChI=1S/C6H13NO/c1-5-4-8-6(2)3-7-5/h5-7H,3-4H2,1-2H3/p+1/t5-,6-/m0/s1. The molecule has 1 aliphatic rings. The van der Waals surface area contributed by atoms with Gasteiger partial charge in [0.25, 0.3) is 0 Å². The Hall–Kier alpha value is -0.0800. The number of rotatable bonds is 0. The van der Waals surface area contributed by atoms with Crippen LogP contribution in [0.1, 0.15) is 13.8 Å². The van der Waals surface area contributed by atoms with E-state index in [1.54, 1.807) is 0 Å². The van der Waals surface area contributed by atoms with Gasteiger partial charge in [0, 0.05) is 0 Å². The smallest absolute Gasteiger partial charge is 0.107 e. The van der Waals surface area contributed by atoms with E-state index in [9.17, 15) is 0 Å². The van der Waals surface area contributed by atoms with Crippen LogP contribution in [0.2, 0.25) is 0 Å². The van der Waals surface area contributed by atoms with Crippen molar-refractivity contribution < 1.29 is 10.1 Å². The molecule has 0 aliphatic carbocycles. The molecule has 2 N–H and O–H groups in total. The predicted octanol–water partition coefficient (Wildman–Crippen LogP) is -0.643. The number of hydrogen-bond acceptors (Lipinski definition) is 1.